The highest BCUT2D eigenvalue weighted by atomic mass is 16.5. The minimum absolute atomic E-state index is 0.165. The van der Waals surface area contributed by atoms with Crippen LogP contribution in [0.25, 0.3) is 22.2 Å². The summed E-state index contributed by atoms with van der Waals surface area (Å²) in [6.07, 6.45) is 0.165. The zero-order valence-corrected chi connectivity index (χ0v) is 10.2. The van der Waals surface area contributed by atoms with Gasteiger partial charge in [-0.2, -0.15) is 0 Å². The lowest BCUT2D eigenvalue weighted by molar-refractivity contribution is -0.117. The monoisotopic (exact) mass is 252 g/mol. The number of nitrogens with two attached hydrogens (primary N) is 1. The maximum Gasteiger partial charge on any atom is 0.221 e. The van der Waals surface area contributed by atoms with Crippen LogP contribution in [0.15, 0.2) is 53.1 Å². The lowest BCUT2D eigenvalue weighted by Gasteiger charge is -1.99. The highest BCUT2D eigenvalue weighted by Gasteiger charge is 2.13. The number of rotatable bonds is 3. The molecule has 3 rings (SSSR count). The molecule has 19 heavy (non-hydrogen) atoms. The van der Waals surface area contributed by atoms with E-state index in [4.69, 9.17) is 10.3 Å². The predicted molar refractivity (Wildman–Crippen MR) is 72.3 cm³/mol. The highest BCUT2D eigenvalue weighted by Crippen LogP contribution is 2.30. The van der Waals surface area contributed by atoms with E-state index in [-0.39, 0.29) is 12.3 Å². The van der Waals surface area contributed by atoms with E-state index in [1.165, 1.54) is 0 Å². The van der Waals surface area contributed by atoms with Crippen LogP contribution in [-0.2, 0) is 11.2 Å². The Balaban J connectivity index is 2.17. The fourth-order valence-corrected chi connectivity index (χ4v) is 2.15. The molecule has 2 aromatic carbocycles. The van der Waals surface area contributed by atoms with E-state index in [2.05, 4.69) is 5.16 Å². The standard InChI is InChI=1S/C15H12N2O2/c16-13(18)9-11-7-4-8-12-14(11)17-19-15(12)10-5-2-1-3-6-10/h1-8H,9H2,(H2,16,18). The van der Waals surface area contributed by atoms with Crippen molar-refractivity contribution in [3.05, 3.63) is 54.1 Å². The summed E-state index contributed by atoms with van der Waals surface area (Å²) in [4.78, 5) is 11.1. The molecule has 4 nitrogen and oxygen atoms in total. The molecule has 1 amide bonds. The molecule has 4 heteroatoms. The second kappa shape index (κ2) is 4.57. The molecule has 1 heterocycles. The first-order chi connectivity index (χ1) is 9.25. The van der Waals surface area contributed by atoms with Gasteiger partial charge in [-0.25, -0.2) is 0 Å². The van der Waals surface area contributed by atoms with Crippen molar-refractivity contribution in [2.45, 2.75) is 6.42 Å². The van der Waals surface area contributed by atoms with Crippen molar-refractivity contribution in [2.75, 3.05) is 0 Å². The van der Waals surface area contributed by atoms with Gasteiger partial charge in [0.2, 0.25) is 5.91 Å². The van der Waals surface area contributed by atoms with E-state index in [0.29, 0.717) is 11.3 Å². The van der Waals surface area contributed by atoms with E-state index < -0.39 is 0 Å². The van der Waals surface area contributed by atoms with Gasteiger partial charge in [-0.3, -0.25) is 4.79 Å². The number of carbonyl (C=O) groups excluding carboxylic acids is 1. The predicted octanol–water partition coefficient (Wildman–Crippen LogP) is 2.52. The molecule has 0 spiro atoms. The van der Waals surface area contributed by atoms with E-state index >= 15 is 0 Å². The Bertz CT molecular complexity index is 732. The molecule has 0 fully saturated rings. The number of amides is 1. The van der Waals surface area contributed by atoms with Crippen molar-refractivity contribution >= 4 is 16.8 Å². The lowest BCUT2D eigenvalue weighted by Crippen LogP contribution is -2.13. The lowest BCUT2D eigenvalue weighted by atomic mass is 10.0. The summed E-state index contributed by atoms with van der Waals surface area (Å²) in [6.45, 7) is 0. The molecule has 0 saturated carbocycles. The number of aromatic nitrogens is 1. The van der Waals surface area contributed by atoms with Crippen LogP contribution in [0.2, 0.25) is 0 Å². The van der Waals surface area contributed by atoms with Crippen LogP contribution >= 0.6 is 0 Å². The Morgan fingerprint density at radius 3 is 2.63 bits per heavy atom. The third-order valence-electron chi connectivity index (χ3n) is 2.99. The number of nitrogens with zero attached hydrogens (tertiary/aromatic N) is 1. The van der Waals surface area contributed by atoms with E-state index in [1.807, 2.05) is 48.5 Å². The molecule has 0 bridgehead atoms. The quantitative estimate of drug-likeness (QED) is 0.778. The summed E-state index contributed by atoms with van der Waals surface area (Å²) in [5.41, 5.74) is 7.68. The number of primary amides is 1. The van der Waals surface area contributed by atoms with Gasteiger partial charge in [-0.15, -0.1) is 0 Å². The maximum atomic E-state index is 11.1. The molecule has 2 N–H and O–H groups in total. The molecule has 94 valence electrons. The molecule has 0 radical (unpaired) electrons. The molecular formula is C15H12N2O2. The first kappa shape index (κ1) is 11.5. The van der Waals surface area contributed by atoms with Gasteiger partial charge in [-0.1, -0.05) is 47.6 Å². The molecule has 0 saturated heterocycles. The van der Waals surface area contributed by atoms with Crippen molar-refractivity contribution in [1.82, 2.24) is 5.16 Å². The van der Waals surface area contributed by atoms with Crippen LogP contribution in [-0.4, -0.2) is 11.1 Å². The number of fused-ring (bicyclic) bond motifs is 1. The van der Waals surface area contributed by atoms with Gasteiger partial charge < -0.3 is 10.3 Å². The third kappa shape index (κ3) is 2.08. The molecule has 1 aromatic heterocycles. The Labute approximate surface area is 109 Å². The van der Waals surface area contributed by atoms with Crippen LogP contribution in [0.5, 0.6) is 0 Å². The zero-order valence-electron chi connectivity index (χ0n) is 10.2. The summed E-state index contributed by atoms with van der Waals surface area (Å²) in [5, 5.41) is 4.96. The van der Waals surface area contributed by atoms with Crippen LogP contribution in [0.4, 0.5) is 0 Å². The van der Waals surface area contributed by atoms with Crippen molar-refractivity contribution in [1.29, 1.82) is 0 Å². The van der Waals surface area contributed by atoms with Crippen molar-refractivity contribution < 1.29 is 9.32 Å². The summed E-state index contributed by atoms with van der Waals surface area (Å²) < 4.78 is 5.42. The maximum absolute atomic E-state index is 11.1. The Hall–Kier alpha value is -2.62. The Kier molecular flexibility index (Phi) is 2.76. The highest BCUT2D eigenvalue weighted by molar-refractivity contribution is 5.95. The summed E-state index contributed by atoms with van der Waals surface area (Å²) in [5.74, 6) is 0.332. The molecule has 0 aliphatic carbocycles. The number of hydrogen-bond acceptors (Lipinski definition) is 3. The van der Waals surface area contributed by atoms with E-state index in [1.54, 1.807) is 0 Å². The first-order valence-corrected chi connectivity index (χ1v) is 5.96. The van der Waals surface area contributed by atoms with E-state index in [0.717, 1.165) is 16.5 Å². The molecular weight excluding hydrogens is 240 g/mol. The van der Waals surface area contributed by atoms with Crippen molar-refractivity contribution in [2.24, 2.45) is 5.73 Å². The summed E-state index contributed by atoms with van der Waals surface area (Å²) in [7, 11) is 0. The summed E-state index contributed by atoms with van der Waals surface area (Å²) in [6, 6.07) is 15.4. The Morgan fingerprint density at radius 1 is 1.11 bits per heavy atom. The van der Waals surface area contributed by atoms with Crippen molar-refractivity contribution in [3.63, 3.8) is 0 Å². The fraction of sp³-hybridized carbons (Fsp3) is 0.0667. The molecule has 0 aliphatic heterocycles. The molecule has 3 aromatic rings. The minimum atomic E-state index is -0.378. The number of hydrogen-bond donors (Lipinski definition) is 1. The second-order valence-electron chi connectivity index (χ2n) is 4.33. The second-order valence-corrected chi connectivity index (χ2v) is 4.33. The normalized spacial score (nSPS) is 10.7. The number of carbonyl (C=O) groups is 1. The average molecular weight is 252 g/mol. The van der Waals surface area contributed by atoms with Gasteiger partial charge in [0.15, 0.2) is 5.76 Å². The van der Waals surface area contributed by atoms with Crippen LogP contribution in [0.1, 0.15) is 5.56 Å². The van der Waals surface area contributed by atoms with Gasteiger partial charge in [-0.05, 0) is 11.6 Å². The molecule has 0 unspecified atom stereocenters. The van der Waals surface area contributed by atoms with Crippen LogP contribution < -0.4 is 5.73 Å². The van der Waals surface area contributed by atoms with Gasteiger partial charge in [0, 0.05) is 5.56 Å². The van der Waals surface area contributed by atoms with Gasteiger partial charge in [0.05, 0.1) is 11.8 Å². The number of benzene rings is 2. The van der Waals surface area contributed by atoms with Crippen LogP contribution in [0, 0.1) is 0 Å². The Morgan fingerprint density at radius 2 is 1.89 bits per heavy atom. The van der Waals surface area contributed by atoms with E-state index in [9.17, 15) is 4.79 Å². The topological polar surface area (TPSA) is 69.1 Å². The van der Waals surface area contributed by atoms with Crippen LogP contribution in [0.3, 0.4) is 0 Å². The molecule has 0 atom stereocenters. The summed E-state index contributed by atoms with van der Waals surface area (Å²) >= 11 is 0. The largest absolute Gasteiger partial charge is 0.369 e. The molecule has 0 aliphatic rings. The smallest absolute Gasteiger partial charge is 0.221 e. The average Bonchev–Trinajstić information content (AvgIpc) is 2.84. The van der Waals surface area contributed by atoms with Gasteiger partial charge >= 0.3 is 0 Å². The minimum Gasteiger partial charge on any atom is -0.369 e. The first-order valence-electron chi connectivity index (χ1n) is 5.96. The van der Waals surface area contributed by atoms with Crippen molar-refractivity contribution in [3.8, 4) is 11.3 Å². The fourth-order valence-electron chi connectivity index (χ4n) is 2.15. The zero-order chi connectivity index (χ0) is 13.2. The van der Waals surface area contributed by atoms with Gasteiger partial charge in [0.1, 0.15) is 5.52 Å². The van der Waals surface area contributed by atoms with Gasteiger partial charge in [0.25, 0.3) is 0 Å². The SMILES string of the molecule is NC(=O)Cc1cccc2c(-c3ccccc3)onc12. The third-order valence-corrected chi connectivity index (χ3v) is 2.99.